The minimum absolute atomic E-state index is 0.0882. The van der Waals surface area contributed by atoms with E-state index in [-0.39, 0.29) is 23.3 Å². The molecule has 100 valence electrons. The smallest absolute Gasteiger partial charge is 0.410 e. The number of ether oxygens (including phenoxy) is 2. The van der Waals surface area contributed by atoms with E-state index in [2.05, 4.69) is 0 Å². The predicted molar refractivity (Wildman–Crippen MR) is 67.1 cm³/mol. The number of amides is 1. The monoisotopic (exact) mass is 243 g/mol. The molecule has 1 fully saturated rings. The zero-order valence-corrected chi connectivity index (χ0v) is 11.9. The molecule has 1 unspecified atom stereocenters. The Morgan fingerprint density at radius 3 is 2.06 bits per heavy atom. The fraction of sp³-hybridized carbons (Fsp3) is 0.923. The van der Waals surface area contributed by atoms with E-state index in [1.807, 2.05) is 41.5 Å². The van der Waals surface area contributed by atoms with Gasteiger partial charge in [-0.15, -0.1) is 0 Å². The lowest BCUT2D eigenvalue weighted by molar-refractivity contribution is -0.00187. The average Bonchev–Trinajstić information content (AvgIpc) is 2.49. The largest absolute Gasteiger partial charge is 0.444 e. The first-order valence-electron chi connectivity index (χ1n) is 6.21. The highest BCUT2D eigenvalue weighted by atomic mass is 16.6. The SMILES string of the molecule is CC(C)(C)N(C(=O)OC1CCOC1)C(C)(C)C. The number of hydrogen-bond acceptors (Lipinski definition) is 3. The minimum atomic E-state index is -0.255. The molecule has 1 aliphatic heterocycles. The molecular weight excluding hydrogens is 218 g/mol. The second-order valence-corrected chi connectivity index (χ2v) is 6.55. The van der Waals surface area contributed by atoms with Gasteiger partial charge in [-0.25, -0.2) is 4.79 Å². The lowest BCUT2D eigenvalue weighted by Crippen LogP contribution is -2.56. The molecule has 4 nitrogen and oxygen atoms in total. The van der Waals surface area contributed by atoms with E-state index >= 15 is 0 Å². The molecule has 0 aromatic rings. The molecule has 0 aliphatic carbocycles. The fourth-order valence-electron chi connectivity index (χ4n) is 2.36. The minimum Gasteiger partial charge on any atom is -0.444 e. The maximum absolute atomic E-state index is 12.2. The summed E-state index contributed by atoms with van der Waals surface area (Å²) in [6.07, 6.45) is 0.462. The maximum Gasteiger partial charge on any atom is 0.410 e. The second-order valence-electron chi connectivity index (χ2n) is 6.55. The van der Waals surface area contributed by atoms with Crippen LogP contribution in [-0.2, 0) is 9.47 Å². The molecule has 1 saturated heterocycles. The van der Waals surface area contributed by atoms with Gasteiger partial charge < -0.3 is 9.47 Å². The van der Waals surface area contributed by atoms with Gasteiger partial charge in [-0.3, -0.25) is 4.90 Å². The highest BCUT2D eigenvalue weighted by Gasteiger charge is 2.38. The van der Waals surface area contributed by atoms with Crippen LogP contribution in [0.25, 0.3) is 0 Å². The Hall–Kier alpha value is -0.770. The summed E-state index contributed by atoms with van der Waals surface area (Å²) in [4.78, 5) is 14.0. The quantitative estimate of drug-likeness (QED) is 0.711. The van der Waals surface area contributed by atoms with Gasteiger partial charge in [-0.1, -0.05) is 0 Å². The first-order valence-corrected chi connectivity index (χ1v) is 6.21. The van der Waals surface area contributed by atoms with E-state index in [9.17, 15) is 4.79 Å². The highest BCUT2D eigenvalue weighted by molar-refractivity contribution is 5.69. The van der Waals surface area contributed by atoms with Crippen LogP contribution in [0.1, 0.15) is 48.0 Å². The second kappa shape index (κ2) is 4.84. The molecule has 17 heavy (non-hydrogen) atoms. The van der Waals surface area contributed by atoms with Crippen LogP contribution in [0.15, 0.2) is 0 Å². The Bertz CT molecular complexity index is 255. The summed E-state index contributed by atoms with van der Waals surface area (Å²) < 4.78 is 10.7. The van der Waals surface area contributed by atoms with E-state index in [1.54, 1.807) is 4.90 Å². The molecule has 0 aromatic heterocycles. The van der Waals surface area contributed by atoms with E-state index in [1.165, 1.54) is 0 Å². The Labute approximate surface area is 104 Å². The van der Waals surface area contributed by atoms with Crippen LogP contribution >= 0.6 is 0 Å². The lowest BCUT2D eigenvalue weighted by atomic mass is 9.97. The first-order chi connectivity index (χ1) is 7.62. The van der Waals surface area contributed by atoms with Crippen molar-refractivity contribution in [2.75, 3.05) is 13.2 Å². The van der Waals surface area contributed by atoms with Crippen LogP contribution < -0.4 is 0 Å². The number of rotatable bonds is 1. The summed E-state index contributed by atoms with van der Waals surface area (Å²) in [5.74, 6) is 0. The molecular formula is C13H25NO3. The lowest BCUT2D eigenvalue weighted by Gasteiger charge is -2.44. The van der Waals surface area contributed by atoms with Gasteiger partial charge >= 0.3 is 6.09 Å². The number of carbonyl (C=O) groups is 1. The topological polar surface area (TPSA) is 38.8 Å². The van der Waals surface area contributed by atoms with Crippen LogP contribution in [0.4, 0.5) is 4.79 Å². The normalized spacial score (nSPS) is 21.4. The molecule has 4 heteroatoms. The van der Waals surface area contributed by atoms with Gasteiger partial charge in [0.1, 0.15) is 6.10 Å². The van der Waals surface area contributed by atoms with Gasteiger partial charge in [0.15, 0.2) is 0 Å². The molecule has 0 N–H and O–H groups in total. The van der Waals surface area contributed by atoms with Gasteiger partial charge in [0.25, 0.3) is 0 Å². The van der Waals surface area contributed by atoms with Crippen molar-refractivity contribution in [1.29, 1.82) is 0 Å². The van der Waals surface area contributed by atoms with Crippen LogP contribution in [0, 0.1) is 0 Å². The van der Waals surface area contributed by atoms with Gasteiger partial charge in [0, 0.05) is 17.5 Å². The number of nitrogens with zero attached hydrogens (tertiary/aromatic N) is 1. The Morgan fingerprint density at radius 1 is 1.18 bits per heavy atom. The van der Waals surface area contributed by atoms with E-state index < -0.39 is 0 Å². The predicted octanol–water partition coefficient (Wildman–Crippen LogP) is 2.81. The van der Waals surface area contributed by atoms with Crippen molar-refractivity contribution in [2.45, 2.75) is 65.1 Å². The van der Waals surface area contributed by atoms with Crippen molar-refractivity contribution in [1.82, 2.24) is 4.90 Å². The summed E-state index contributed by atoms with van der Waals surface area (Å²) in [7, 11) is 0. The fourth-order valence-corrected chi connectivity index (χ4v) is 2.36. The van der Waals surface area contributed by atoms with Gasteiger partial charge in [-0.2, -0.15) is 0 Å². The summed E-state index contributed by atoms with van der Waals surface area (Å²) in [6, 6.07) is 0. The molecule has 1 heterocycles. The third-order valence-electron chi connectivity index (χ3n) is 2.68. The molecule has 0 saturated carbocycles. The number of hydrogen-bond donors (Lipinski definition) is 0. The van der Waals surface area contributed by atoms with Crippen molar-refractivity contribution in [3.8, 4) is 0 Å². The van der Waals surface area contributed by atoms with Crippen LogP contribution in [-0.4, -0.2) is 41.4 Å². The van der Waals surface area contributed by atoms with Gasteiger partial charge in [-0.05, 0) is 41.5 Å². The van der Waals surface area contributed by atoms with Crippen molar-refractivity contribution < 1.29 is 14.3 Å². The van der Waals surface area contributed by atoms with Crippen LogP contribution in [0.5, 0.6) is 0 Å². The first kappa shape index (κ1) is 14.3. The molecule has 0 radical (unpaired) electrons. The van der Waals surface area contributed by atoms with Gasteiger partial charge in [0.05, 0.1) is 13.2 Å². The van der Waals surface area contributed by atoms with Crippen molar-refractivity contribution >= 4 is 6.09 Å². The number of carbonyl (C=O) groups excluding carboxylic acids is 1. The van der Waals surface area contributed by atoms with Crippen molar-refractivity contribution in [2.24, 2.45) is 0 Å². The van der Waals surface area contributed by atoms with Crippen LogP contribution in [0.2, 0.25) is 0 Å². The standard InChI is InChI=1S/C13H25NO3/c1-12(2,3)14(13(4,5)6)11(15)17-10-7-8-16-9-10/h10H,7-9H2,1-6H3. The molecule has 1 aliphatic rings. The van der Waals surface area contributed by atoms with E-state index in [0.29, 0.717) is 13.2 Å². The molecule has 0 bridgehead atoms. The molecule has 1 atom stereocenters. The summed E-state index contributed by atoms with van der Waals surface area (Å²) in [5, 5.41) is 0. The van der Waals surface area contributed by atoms with E-state index in [4.69, 9.17) is 9.47 Å². The maximum atomic E-state index is 12.2. The zero-order chi connectivity index (χ0) is 13.3. The summed E-state index contributed by atoms with van der Waals surface area (Å²) in [5.41, 5.74) is -0.510. The summed E-state index contributed by atoms with van der Waals surface area (Å²) >= 11 is 0. The van der Waals surface area contributed by atoms with Crippen molar-refractivity contribution in [3.05, 3.63) is 0 Å². The Kier molecular flexibility index (Phi) is 4.07. The third-order valence-corrected chi connectivity index (χ3v) is 2.68. The molecule has 0 spiro atoms. The molecule has 1 amide bonds. The Morgan fingerprint density at radius 2 is 1.71 bits per heavy atom. The summed E-state index contributed by atoms with van der Waals surface area (Å²) in [6.45, 7) is 13.3. The zero-order valence-electron chi connectivity index (χ0n) is 11.9. The average molecular weight is 243 g/mol. The molecule has 0 aromatic carbocycles. The van der Waals surface area contributed by atoms with Gasteiger partial charge in [0.2, 0.25) is 0 Å². The highest BCUT2D eigenvalue weighted by Crippen LogP contribution is 2.26. The molecule has 1 rings (SSSR count). The Balaban J connectivity index is 2.73. The van der Waals surface area contributed by atoms with Crippen LogP contribution in [0.3, 0.4) is 0 Å². The van der Waals surface area contributed by atoms with E-state index in [0.717, 1.165) is 6.42 Å². The van der Waals surface area contributed by atoms with Crippen molar-refractivity contribution in [3.63, 3.8) is 0 Å². The third kappa shape index (κ3) is 3.87.